The lowest BCUT2D eigenvalue weighted by Gasteiger charge is -2.34. The van der Waals surface area contributed by atoms with Gasteiger partial charge in [0.2, 0.25) is 11.8 Å². The number of piperazine rings is 1. The van der Waals surface area contributed by atoms with E-state index in [4.69, 9.17) is 4.74 Å². The minimum atomic E-state index is -0.495. The maximum absolute atomic E-state index is 12.7. The molecule has 2 amide bonds. The van der Waals surface area contributed by atoms with E-state index in [1.165, 1.54) is 5.56 Å². The van der Waals surface area contributed by atoms with Crippen molar-refractivity contribution in [3.05, 3.63) is 90.0 Å². The number of rotatable bonds is 8. The van der Waals surface area contributed by atoms with Crippen molar-refractivity contribution in [2.24, 2.45) is 0 Å². The molecular formula is C27H29N3O3. The van der Waals surface area contributed by atoms with Crippen molar-refractivity contribution in [1.29, 1.82) is 0 Å². The van der Waals surface area contributed by atoms with Gasteiger partial charge in [-0.2, -0.15) is 0 Å². The summed E-state index contributed by atoms with van der Waals surface area (Å²) in [6, 6.07) is 25.7. The number of hydrogen-bond donors (Lipinski definition) is 2. The van der Waals surface area contributed by atoms with Gasteiger partial charge in [0.1, 0.15) is 5.75 Å². The summed E-state index contributed by atoms with van der Waals surface area (Å²) in [4.78, 5) is 27.3. The molecule has 1 atom stereocenters. The molecule has 2 N–H and O–H groups in total. The maximum atomic E-state index is 12.7. The summed E-state index contributed by atoms with van der Waals surface area (Å²) in [5, 5.41) is 5.82. The van der Waals surface area contributed by atoms with E-state index in [1.54, 1.807) is 7.11 Å². The Morgan fingerprint density at radius 1 is 1.00 bits per heavy atom. The molecule has 0 saturated carbocycles. The van der Waals surface area contributed by atoms with Crippen molar-refractivity contribution < 1.29 is 14.3 Å². The van der Waals surface area contributed by atoms with Gasteiger partial charge in [0.15, 0.2) is 0 Å². The molecular weight excluding hydrogens is 414 g/mol. The van der Waals surface area contributed by atoms with Crippen LogP contribution in [0, 0.1) is 0 Å². The van der Waals surface area contributed by atoms with Gasteiger partial charge in [-0.1, -0.05) is 72.8 Å². The van der Waals surface area contributed by atoms with Crippen LogP contribution in [0.25, 0.3) is 11.1 Å². The molecule has 0 spiro atoms. The molecule has 1 aliphatic heterocycles. The average Bonchev–Trinajstić information content (AvgIpc) is 2.86. The topological polar surface area (TPSA) is 70.7 Å². The van der Waals surface area contributed by atoms with Crippen LogP contribution in [0.15, 0.2) is 78.9 Å². The van der Waals surface area contributed by atoms with Crippen molar-refractivity contribution in [3.8, 4) is 16.9 Å². The number of hydrogen-bond acceptors (Lipinski definition) is 4. The van der Waals surface area contributed by atoms with E-state index < -0.39 is 6.04 Å². The quantitative estimate of drug-likeness (QED) is 0.560. The van der Waals surface area contributed by atoms with Crippen LogP contribution in [-0.4, -0.2) is 43.0 Å². The van der Waals surface area contributed by atoms with E-state index in [0.29, 0.717) is 26.2 Å². The molecule has 33 heavy (non-hydrogen) atoms. The Morgan fingerprint density at radius 3 is 2.45 bits per heavy atom. The van der Waals surface area contributed by atoms with Gasteiger partial charge in [-0.05, 0) is 22.8 Å². The SMILES string of the molecule is COc1ccccc1CNC(=O)CC1C(=O)NCCN1Cc1ccc(-c2ccccc2)cc1. The van der Waals surface area contributed by atoms with Gasteiger partial charge in [-0.15, -0.1) is 0 Å². The number of carbonyl (C=O) groups excluding carboxylic acids is 2. The second-order valence-corrected chi connectivity index (χ2v) is 8.13. The van der Waals surface area contributed by atoms with Crippen molar-refractivity contribution in [1.82, 2.24) is 15.5 Å². The van der Waals surface area contributed by atoms with Crippen LogP contribution in [0.2, 0.25) is 0 Å². The second-order valence-electron chi connectivity index (χ2n) is 8.13. The molecule has 6 heteroatoms. The van der Waals surface area contributed by atoms with Gasteiger partial charge < -0.3 is 15.4 Å². The first-order valence-corrected chi connectivity index (χ1v) is 11.2. The average molecular weight is 444 g/mol. The maximum Gasteiger partial charge on any atom is 0.237 e. The zero-order valence-electron chi connectivity index (χ0n) is 18.8. The number of amides is 2. The minimum absolute atomic E-state index is 0.102. The summed E-state index contributed by atoms with van der Waals surface area (Å²) in [7, 11) is 1.61. The highest BCUT2D eigenvalue weighted by Gasteiger charge is 2.31. The van der Waals surface area contributed by atoms with Crippen molar-refractivity contribution in [2.45, 2.75) is 25.6 Å². The zero-order chi connectivity index (χ0) is 23.0. The summed E-state index contributed by atoms with van der Waals surface area (Å²) >= 11 is 0. The molecule has 1 heterocycles. The first kappa shape index (κ1) is 22.6. The Balaban J connectivity index is 1.38. The Bertz CT molecular complexity index is 1080. The van der Waals surface area contributed by atoms with Crippen LogP contribution in [0.1, 0.15) is 17.5 Å². The summed E-state index contributed by atoms with van der Waals surface area (Å²) in [5.41, 5.74) is 4.34. The fraction of sp³-hybridized carbons (Fsp3) is 0.259. The molecule has 4 rings (SSSR count). The van der Waals surface area contributed by atoms with Crippen LogP contribution < -0.4 is 15.4 Å². The third-order valence-electron chi connectivity index (χ3n) is 5.94. The Kier molecular flexibility index (Phi) is 7.37. The van der Waals surface area contributed by atoms with E-state index in [-0.39, 0.29) is 18.2 Å². The number of nitrogens with zero attached hydrogens (tertiary/aromatic N) is 1. The number of carbonyl (C=O) groups is 2. The molecule has 1 fully saturated rings. The lowest BCUT2D eigenvalue weighted by molar-refractivity contribution is -0.134. The van der Waals surface area contributed by atoms with Gasteiger partial charge in [-0.25, -0.2) is 0 Å². The molecule has 1 aliphatic rings. The lowest BCUT2D eigenvalue weighted by atomic mass is 10.0. The zero-order valence-corrected chi connectivity index (χ0v) is 18.8. The van der Waals surface area contributed by atoms with Crippen LogP contribution in [-0.2, 0) is 22.7 Å². The molecule has 6 nitrogen and oxygen atoms in total. The summed E-state index contributed by atoms with van der Waals surface area (Å²) in [5.74, 6) is 0.468. The largest absolute Gasteiger partial charge is 0.496 e. The number of ether oxygens (including phenoxy) is 1. The highest BCUT2D eigenvalue weighted by atomic mass is 16.5. The Morgan fingerprint density at radius 2 is 1.70 bits per heavy atom. The normalized spacial score (nSPS) is 16.2. The predicted molar refractivity (Wildman–Crippen MR) is 129 cm³/mol. The number of methoxy groups -OCH3 is 1. The van der Waals surface area contributed by atoms with Crippen LogP contribution in [0.3, 0.4) is 0 Å². The third kappa shape index (κ3) is 5.79. The first-order chi connectivity index (χ1) is 16.1. The highest BCUT2D eigenvalue weighted by molar-refractivity contribution is 5.88. The molecule has 1 unspecified atom stereocenters. The van der Waals surface area contributed by atoms with Crippen molar-refractivity contribution in [3.63, 3.8) is 0 Å². The van der Waals surface area contributed by atoms with E-state index in [2.05, 4.69) is 51.9 Å². The highest BCUT2D eigenvalue weighted by Crippen LogP contribution is 2.21. The molecule has 0 aliphatic carbocycles. The molecule has 3 aromatic carbocycles. The summed E-state index contributed by atoms with van der Waals surface area (Å²) < 4.78 is 5.34. The number of benzene rings is 3. The van der Waals surface area contributed by atoms with Crippen molar-refractivity contribution in [2.75, 3.05) is 20.2 Å². The fourth-order valence-electron chi connectivity index (χ4n) is 4.13. The van der Waals surface area contributed by atoms with Gasteiger partial charge in [0.25, 0.3) is 0 Å². The predicted octanol–water partition coefficient (Wildman–Crippen LogP) is 3.37. The van der Waals surface area contributed by atoms with Crippen LogP contribution in [0.4, 0.5) is 0 Å². The number of para-hydroxylation sites is 1. The molecule has 0 radical (unpaired) electrons. The lowest BCUT2D eigenvalue weighted by Crippen LogP contribution is -2.56. The third-order valence-corrected chi connectivity index (χ3v) is 5.94. The summed E-state index contributed by atoms with van der Waals surface area (Å²) in [6.07, 6.45) is 0.114. The molecule has 170 valence electrons. The Labute approximate surface area is 194 Å². The van der Waals surface area contributed by atoms with E-state index in [9.17, 15) is 9.59 Å². The van der Waals surface area contributed by atoms with Gasteiger partial charge in [0.05, 0.1) is 19.6 Å². The van der Waals surface area contributed by atoms with E-state index in [1.807, 2.05) is 42.5 Å². The molecule has 0 aromatic heterocycles. The first-order valence-electron chi connectivity index (χ1n) is 11.2. The molecule has 0 bridgehead atoms. The fourth-order valence-corrected chi connectivity index (χ4v) is 4.13. The second kappa shape index (κ2) is 10.8. The Hall–Kier alpha value is -3.64. The minimum Gasteiger partial charge on any atom is -0.496 e. The van der Waals surface area contributed by atoms with Crippen molar-refractivity contribution >= 4 is 11.8 Å². The summed E-state index contributed by atoms with van der Waals surface area (Å²) in [6.45, 7) is 2.27. The smallest absolute Gasteiger partial charge is 0.237 e. The number of nitrogens with one attached hydrogen (secondary N) is 2. The van der Waals surface area contributed by atoms with E-state index in [0.717, 1.165) is 22.4 Å². The molecule has 1 saturated heterocycles. The molecule has 3 aromatic rings. The van der Waals surface area contributed by atoms with Gasteiger partial charge >= 0.3 is 0 Å². The van der Waals surface area contributed by atoms with Crippen LogP contribution >= 0.6 is 0 Å². The van der Waals surface area contributed by atoms with Crippen LogP contribution in [0.5, 0.6) is 5.75 Å². The monoisotopic (exact) mass is 443 g/mol. The van der Waals surface area contributed by atoms with E-state index >= 15 is 0 Å². The van der Waals surface area contributed by atoms with Gasteiger partial charge in [-0.3, -0.25) is 14.5 Å². The standard InChI is InChI=1S/C27H29N3O3/c1-33-25-10-6-5-9-23(25)18-29-26(31)17-24-27(32)28-15-16-30(24)19-20-11-13-22(14-12-20)21-7-3-2-4-8-21/h2-14,24H,15-19H2,1H3,(H,28,32)(H,29,31). The van der Waals surface area contributed by atoms with Gasteiger partial charge in [0, 0.05) is 31.7 Å².